The maximum atomic E-state index is 13.1. The van der Waals surface area contributed by atoms with Crippen LogP contribution in [0.3, 0.4) is 0 Å². The van der Waals surface area contributed by atoms with Crippen molar-refractivity contribution in [2.24, 2.45) is 5.92 Å². The van der Waals surface area contributed by atoms with Crippen molar-refractivity contribution in [3.05, 3.63) is 95.6 Å². The Kier molecular flexibility index (Phi) is 5.86. The van der Waals surface area contributed by atoms with Gasteiger partial charge in [-0.2, -0.15) is 0 Å². The van der Waals surface area contributed by atoms with Gasteiger partial charge in [-0.3, -0.25) is 4.72 Å². The Labute approximate surface area is 201 Å². The molecule has 2 N–H and O–H groups in total. The molecule has 176 valence electrons. The monoisotopic (exact) mass is 474 g/mol. The van der Waals surface area contributed by atoms with Crippen LogP contribution in [0.5, 0.6) is 5.75 Å². The molecule has 0 aromatic heterocycles. The second kappa shape index (κ2) is 8.84. The van der Waals surface area contributed by atoms with Gasteiger partial charge >= 0.3 is 0 Å². The number of anilines is 2. The second-order valence-corrected chi connectivity index (χ2v) is 11.1. The molecule has 5 nitrogen and oxygen atoms in total. The van der Waals surface area contributed by atoms with Gasteiger partial charge in [-0.05, 0) is 77.4 Å². The van der Waals surface area contributed by atoms with Crippen molar-refractivity contribution in [2.45, 2.75) is 43.0 Å². The van der Waals surface area contributed by atoms with Crippen molar-refractivity contribution in [2.75, 3.05) is 17.1 Å². The fraction of sp³-hybridized carbons (Fsp3) is 0.286. The minimum absolute atomic E-state index is 0.183. The van der Waals surface area contributed by atoms with E-state index in [9.17, 15) is 8.42 Å². The zero-order valence-corrected chi connectivity index (χ0v) is 20.5. The number of rotatable bonds is 6. The summed E-state index contributed by atoms with van der Waals surface area (Å²) in [6.45, 7) is 4.41. The highest BCUT2D eigenvalue weighted by Crippen LogP contribution is 2.50. The van der Waals surface area contributed by atoms with Crippen molar-refractivity contribution in [3.8, 4) is 5.75 Å². The van der Waals surface area contributed by atoms with E-state index in [0.717, 1.165) is 17.7 Å². The predicted octanol–water partition coefficient (Wildman–Crippen LogP) is 6.45. The molecule has 0 fully saturated rings. The highest BCUT2D eigenvalue weighted by atomic mass is 32.2. The smallest absolute Gasteiger partial charge is 0.261 e. The van der Waals surface area contributed by atoms with E-state index in [1.807, 2.05) is 12.1 Å². The molecule has 0 radical (unpaired) electrons. The molecule has 5 rings (SSSR count). The van der Waals surface area contributed by atoms with Gasteiger partial charge in [0.1, 0.15) is 5.75 Å². The molecular weight excluding hydrogens is 444 g/mol. The molecule has 1 aliphatic heterocycles. The van der Waals surface area contributed by atoms with Crippen LogP contribution in [-0.4, -0.2) is 15.5 Å². The summed E-state index contributed by atoms with van der Waals surface area (Å²) in [5.74, 6) is 1.71. The van der Waals surface area contributed by atoms with Crippen LogP contribution in [0.15, 0.2) is 83.8 Å². The van der Waals surface area contributed by atoms with Gasteiger partial charge in [0, 0.05) is 17.3 Å². The normalized spacial score (nSPS) is 21.0. The molecule has 1 aliphatic carbocycles. The third kappa shape index (κ3) is 4.18. The standard InChI is InChI=1S/C28H30N2O3S/c1-18(2)19-7-9-20(10-8-19)28-25-6-4-5-24(25)26-17-23(15-16-27(26)29-28)34(31,32)30-21-11-13-22(33-3)14-12-21/h4-5,7-18,24-25,28-30H,6H2,1-3H3. The molecule has 6 heteroatoms. The van der Waals surface area contributed by atoms with Crippen molar-refractivity contribution < 1.29 is 13.2 Å². The molecule has 34 heavy (non-hydrogen) atoms. The maximum Gasteiger partial charge on any atom is 0.261 e. The Morgan fingerprint density at radius 1 is 1.00 bits per heavy atom. The predicted molar refractivity (Wildman–Crippen MR) is 137 cm³/mol. The van der Waals surface area contributed by atoms with Crippen LogP contribution in [0, 0.1) is 5.92 Å². The lowest BCUT2D eigenvalue weighted by Crippen LogP contribution is -2.29. The van der Waals surface area contributed by atoms with E-state index in [2.05, 4.69) is 60.3 Å². The lowest BCUT2D eigenvalue weighted by atomic mass is 9.77. The van der Waals surface area contributed by atoms with Gasteiger partial charge in [-0.15, -0.1) is 0 Å². The number of hydrogen-bond acceptors (Lipinski definition) is 4. The second-order valence-electron chi connectivity index (χ2n) is 9.38. The van der Waals surface area contributed by atoms with Crippen molar-refractivity contribution in [1.29, 1.82) is 0 Å². The molecule has 1 heterocycles. The van der Waals surface area contributed by atoms with Crippen LogP contribution in [-0.2, 0) is 10.0 Å². The zero-order valence-electron chi connectivity index (χ0n) is 19.7. The Bertz CT molecular complexity index is 1310. The number of benzene rings is 3. The molecule has 0 spiro atoms. The first kappa shape index (κ1) is 22.5. The molecular formula is C28H30N2O3S. The van der Waals surface area contributed by atoms with E-state index in [4.69, 9.17) is 4.74 Å². The molecule has 0 saturated heterocycles. The quantitative estimate of drug-likeness (QED) is 0.403. The average Bonchev–Trinajstić information content (AvgIpc) is 3.34. The van der Waals surface area contributed by atoms with E-state index in [1.54, 1.807) is 37.4 Å². The van der Waals surface area contributed by atoms with E-state index in [1.165, 1.54) is 11.1 Å². The van der Waals surface area contributed by atoms with Gasteiger partial charge in [0.25, 0.3) is 10.0 Å². The lowest BCUT2D eigenvalue weighted by Gasteiger charge is -2.37. The minimum atomic E-state index is -3.72. The summed E-state index contributed by atoms with van der Waals surface area (Å²) >= 11 is 0. The Balaban J connectivity index is 1.43. The number of allylic oxidation sites excluding steroid dienone is 2. The van der Waals surface area contributed by atoms with Gasteiger partial charge < -0.3 is 10.1 Å². The van der Waals surface area contributed by atoms with Gasteiger partial charge in [0.15, 0.2) is 0 Å². The number of fused-ring (bicyclic) bond motifs is 3. The van der Waals surface area contributed by atoms with Gasteiger partial charge in [0.05, 0.1) is 18.0 Å². The first-order chi connectivity index (χ1) is 16.4. The number of hydrogen-bond donors (Lipinski definition) is 2. The first-order valence-corrected chi connectivity index (χ1v) is 13.2. The zero-order chi connectivity index (χ0) is 23.9. The Morgan fingerprint density at radius 3 is 2.41 bits per heavy atom. The van der Waals surface area contributed by atoms with Crippen LogP contribution in [0.2, 0.25) is 0 Å². The van der Waals surface area contributed by atoms with Crippen LogP contribution >= 0.6 is 0 Å². The Morgan fingerprint density at radius 2 is 1.74 bits per heavy atom. The van der Waals surface area contributed by atoms with Crippen molar-refractivity contribution in [3.63, 3.8) is 0 Å². The highest BCUT2D eigenvalue weighted by Gasteiger charge is 2.38. The number of ether oxygens (including phenoxy) is 1. The van der Waals surface area contributed by atoms with Crippen LogP contribution in [0.1, 0.15) is 54.8 Å². The highest BCUT2D eigenvalue weighted by molar-refractivity contribution is 7.92. The maximum absolute atomic E-state index is 13.1. The summed E-state index contributed by atoms with van der Waals surface area (Å²) in [6.07, 6.45) is 5.42. The molecule has 0 amide bonds. The van der Waals surface area contributed by atoms with Crippen LogP contribution in [0.25, 0.3) is 0 Å². The largest absolute Gasteiger partial charge is 0.497 e. The minimum Gasteiger partial charge on any atom is -0.497 e. The molecule has 0 bridgehead atoms. The summed E-state index contributed by atoms with van der Waals surface area (Å²) < 4.78 is 34.1. The molecule has 3 aromatic rings. The van der Waals surface area contributed by atoms with E-state index < -0.39 is 10.0 Å². The first-order valence-electron chi connectivity index (χ1n) is 11.7. The van der Waals surface area contributed by atoms with Crippen LogP contribution < -0.4 is 14.8 Å². The number of nitrogens with one attached hydrogen (secondary N) is 2. The van der Waals surface area contributed by atoms with E-state index in [0.29, 0.717) is 23.3 Å². The third-order valence-electron chi connectivity index (χ3n) is 6.95. The molecule has 3 unspecified atom stereocenters. The van der Waals surface area contributed by atoms with Gasteiger partial charge in [-0.1, -0.05) is 50.3 Å². The summed E-state index contributed by atoms with van der Waals surface area (Å²) in [5, 5.41) is 3.71. The fourth-order valence-electron chi connectivity index (χ4n) is 5.03. The molecule has 2 aliphatic rings. The summed E-state index contributed by atoms with van der Waals surface area (Å²) in [5.41, 5.74) is 5.13. The SMILES string of the molecule is COc1ccc(NS(=O)(=O)c2ccc3c(c2)C2C=CCC2C(c2ccc(C(C)C)cc2)N3)cc1. The number of sulfonamides is 1. The molecule has 3 aromatic carbocycles. The van der Waals surface area contributed by atoms with Gasteiger partial charge in [0.2, 0.25) is 0 Å². The molecule has 3 atom stereocenters. The summed E-state index contributed by atoms with van der Waals surface area (Å²) in [6, 6.07) is 21.3. The average molecular weight is 475 g/mol. The summed E-state index contributed by atoms with van der Waals surface area (Å²) in [7, 11) is -2.14. The fourth-order valence-corrected chi connectivity index (χ4v) is 6.12. The van der Waals surface area contributed by atoms with Crippen molar-refractivity contribution >= 4 is 21.4 Å². The van der Waals surface area contributed by atoms with Crippen LogP contribution in [0.4, 0.5) is 11.4 Å². The topological polar surface area (TPSA) is 67.4 Å². The van der Waals surface area contributed by atoms with E-state index in [-0.39, 0.29) is 16.9 Å². The lowest BCUT2D eigenvalue weighted by molar-refractivity contribution is 0.415. The number of methoxy groups -OCH3 is 1. The van der Waals surface area contributed by atoms with Crippen molar-refractivity contribution in [1.82, 2.24) is 0 Å². The Hall–Kier alpha value is -3.25. The third-order valence-corrected chi connectivity index (χ3v) is 8.33. The van der Waals surface area contributed by atoms with Gasteiger partial charge in [-0.25, -0.2) is 8.42 Å². The summed E-state index contributed by atoms with van der Waals surface area (Å²) in [4.78, 5) is 0.266. The van der Waals surface area contributed by atoms with E-state index >= 15 is 0 Å². The molecule has 0 saturated carbocycles.